The second-order valence-corrected chi connectivity index (χ2v) is 6.03. The summed E-state index contributed by atoms with van der Waals surface area (Å²) in [4.78, 5) is 31.7. The van der Waals surface area contributed by atoms with Crippen LogP contribution in [0.5, 0.6) is 0 Å². The van der Waals surface area contributed by atoms with Crippen LogP contribution in [0.25, 0.3) is 0 Å². The zero-order chi connectivity index (χ0) is 16.6. The fraction of sp³-hybridized carbons (Fsp3) is 0.786. The molecule has 0 aromatic rings. The number of carboxylic acids is 2. The van der Waals surface area contributed by atoms with Crippen molar-refractivity contribution in [2.24, 2.45) is 5.92 Å². The van der Waals surface area contributed by atoms with Gasteiger partial charge in [-0.25, -0.2) is 9.59 Å². The smallest absolute Gasteiger partial charge is 0.408 e. The van der Waals surface area contributed by atoms with Gasteiger partial charge in [0.1, 0.15) is 11.6 Å². The third-order valence-electron chi connectivity index (χ3n) is 2.81. The lowest BCUT2D eigenvalue weighted by Gasteiger charge is -2.24. The Bertz CT molecular complexity index is 364. The van der Waals surface area contributed by atoms with E-state index in [4.69, 9.17) is 19.7 Å². The monoisotopic (exact) mass is 303 g/mol. The molecule has 0 aromatic heterocycles. The van der Waals surface area contributed by atoms with Crippen molar-refractivity contribution in [3.05, 3.63) is 0 Å². The second kappa shape index (κ2) is 8.49. The highest BCUT2D eigenvalue weighted by Crippen LogP contribution is 2.28. The van der Waals surface area contributed by atoms with Crippen LogP contribution in [0, 0.1) is 5.92 Å². The van der Waals surface area contributed by atoms with Gasteiger partial charge in [-0.2, -0.15) is 0 Å². The number of amides is 1. The lowest BCUT2D eigenvalue weighted by atomic mass is 9.98. The number of aliphatic carboxylic acids is 2. The lowest BCUT2D eigenvalue weighted by Crippen LogP contribution is -2.47. The van der Waals surface area contributed by atoms with Crippen molar-refractivity contribution in [3.63, 3.8) is 0 Å². The Kier molecular flexibility index (Phi) is 7.76. The Labute approximate surface area is 124 Å². The minimum Gasteiger partial charge on any atom is -0.481 e. The number of hydrogen-bond donors (Lipinski definition) is 3. The van der Waals surface area contributed by atoms with Crippen molar-refractivity contribution in [2.45, 2.75) is 65.0 Å². The summed E-state index contributed by atoms with van der Waals surface area (Å²) >= 11 is 0. The molecule has 1 unspecified atom stereocenters. The summed E-state index contributed by atoms with van der Waals surface area (Å²) in [5.41, 5.74) is -0.608. The van der Waals surface area contributed by atoms with E-state index in [1.165, 1.54) is 0 Å². The van der Waals surface area contributed by atoms with Crippen molar-refractivity contribution < 1.29 is 29.3 Å². The van der Waals surface area contributed by atoms with Gasteiger partial charge in [0.05, 0.1) is 0 Å². The first-order valence-electron chi connectivity index (χ1n) is 6.95. The zero-order valence-corrected chi connectivity index (χ0v) is 13.0. The Morgan fingerprint density at radius 1 is 1.14 bits per heavy atom. The maximum absolute atomic E-state index is 11.5. The number of ether oxygens (including phenoxy) is 1. The van der Waals surface area contributed by atoms with Gasteiger partial charge in [-0.1, -0.05) is 12.8 Å². The van der Waals surface area contributed by atoms with Gasteiger partial charge in [0.25, 0.3) is 5.97 Å². The van der Waals surface area contributed by atoms with Crippen molar-refractivity contribution in [2.75, 3.05) is 0 Å². The van der Waals surface area contributed by atoms with E-state index in [0.717, 1.165) is 32.6 Å². The van der Waals surface area contributed by atoms with Gasteiger partial charge >= 0.3 is 12.1 Å². The molecule has 7 heteroatoms. The molecule has 1 aliphatic carbocycles. The van der Waals surface area contributed by atoms with E-state index < -0.39 is 29.7 Å². The van der Waals surface area contributed by atoms with Crippen molar-refractivity contribution in [1.29, 1.82) is 0 Å². The fourth-order valence-electron chi connectivity index (χ4n) is 2.11. The number of hydrogen-bond acceptors (Lipinski definition) is 4. The van der Waals surface area contributed by atoms with Crippen LogP contribution in [0.2, 0.25) is 0 Å². The number of carbonyl (C=O) groups is 3. The van der Waals surface area contributed by atoms with Crippen LogP contribution < -0.4 is 5.32 Å². The first kappa shape index (κ1) is 19.2. The SMILES string of the molecule is CC(=O)O.CC(C)(C)OC(=O)NC(C(=O)O)C1CCCC1. The molecule has 7 nitrogen and oxygen atoms in total. The summed E-state index contributed by atoms with van der Waals surface area (Å²) in [5, 5.41) is 19.0. The van der Waals surface area contributed by atoms with Crippen LogP contribution in [-0.4, -0.2) is 39.9 Å². The maximum atomic E-state index is 11.5. The minimum atomic E-state index is -0.984. The van der Waals surface area contributed by atoms with E-state index in [-0.39, 0.29) is 5.92 Å². The molecule has 1 fully saturated rings. The normalized spacial score (nSPS) is 16.4. The predicted molar refractivity (Wildman–Crippen MR) is 76.1 cm³/mol. The van der Waals surface area contributed by atoms with E-state index >= 15 is 0 Å². The summed E-state index contributed by atoms with van der Waals surface area (Å²) in [5.74, 6) is -1.79. The van der Waals surface area contributed by atoms with Gasteiger partial charge in [0.2, 0.25) is 0 Å². The van der Waals surface area contributed by atoms with Crippen LogP contribution in [0.4, 0.5) is 4.79 Å². The summed E-state index contributed by atoms with van der Waals surface area (Å²) in [6.07, 6.45) is 3.12. The Morgan fingerprint density at radius 3 is 1.90 bits per heavy atom. The molecule has 0 radical (unpaired) electrons. The molecular weight excluding hydrogens is 278 g/mol. The van der Waals surface area contributed by atoms with Gasteiger partial charge in [-0.15, -0.1) is 0 Å². The number of carbonyl (C=O) groups excluding carboxylic acids is 1. The molecule has 0 spiro atoms. The van der Waals surface area contributed by atoms with E-state index in [2.05, 4.69) is 5.32 Å². The van der Waals surface area contributed by atoms with Crippen LogP contribution in [-0.2, 0) is 14.3 Å². The standard InChI is InChI=1S/C12H21NO4.C2H4O2/c1-12(2,3)17-11(16)13-9(10(14)15)8-6-4-5-7-8;1-2(3)4/h8-9H,4-7H2,1-3H3,(H,13,16)(H,14,15);1H3,(H,3,4). The van der Waals surface area contributed by atoms with Gasteiger partial charge in [0, 0.05) is 6.92 Å². The van der Waals surface area contributed by atoms with Gasteiger partial charge in [0.15, 0.2) is 0 Å². The molecule has 0 bridgehead atoms. The Hall–Kier alpha value is -1.79. The van der Waals surface area contributed by atoms with Crippen LogP contribution >= 0.6 is 0 Å². The van der Waals surface area contributed by atoms with Crippen molar-refractivity contribution >= 4 is 18.0 Å². The van der Waals surface area contributed by atoms with E-state index in [1.54, 1.807) is 20.8 Å². The van der Waals surface area contributed by atoms with E-state index in [9.17, 15) is 9.59 Å². The predicted octanol–water partition coefficient (Wildman–Crippen LogP) is 2.25. The van der Waals surface area contributed by atoms with Crippen molar-refractivity contribution in [1.82, 2.24) is 5.32 Å². The molecule has 1 atom stereocenters. The highest BCUT2D eigenvalue weighted by atomic mass is 16.6. The highest BCUT2D eigenvalue weighted by molar-refractivity contribution is 5.80. The van der Waals surface area contributed by atoms with Crippen LogP contribution in [0.1, 0.15) is 53.4 Å². The topological polar surface area (TPSA) is 113 Å². The minimum absolute atomic E-state index is 0.0278. The van der Waals surface area contributed by atoms with E-state index in [1.807, 2.05) is 0 Å². The molecule has 0 aliphatic heterocycles. The highest BCUT2D eigenvalue weighted by Gasteiger charge is 2.32. The second-order valence-electron chi connectivity index (χ2n) is 6.03. The third-order valence-corrected chi connectivity index (χ3v) is 2.81. The lowest BCUT2D eigenvalue weighted by molar-refractivity contribution is -0.141. The molecule has 0 aromatic carbocycles. The summed E-state index contributed by atoms with van der Waals surface area (Å²) in [6.45, 7) is 6.33. The molecule has 0 saturated heterocycles. The number of nitrogens with one attached hydrogen (secondary N) is 1. The summed E-state index contributed by atoms with van der Waals surface area (Å²) in [6, 6.07) is -0.827. The fourth-order valence-corrected chi connectivity index (χ4v) is 2.11. The van der Waals surface area contributed by atoms with Crippen LogP contribution in [0.3, 0.4) is 0 Å². The average Bonchev–Trinajstić information content (AvgIpc) is 2.75. The number of alkyl carbamates (subject to hydrolysis) is 1. The first-order valence-corrected chi connectivity index (χ1v) is 6.95. The van der Waals surface area contributed by atoms with Gasteiger partial charge in [-0.3, -0.25) is 4.79 Å². The Balaban J connectivity index is 0.000000885. The van der Waals surface area contributed by atoms with E-state index in [0.29, 0.717) is 0 Å². The summed E-state index contributed by atoms with van der Waals surface area (Å²) < 4.78 is 5.06. The van der Waals surface area contributed by atoms with Crippen LogP contribution in [0.15, 0.2) is 0 Å². The summed E-state index contributed by atoms with van der Waals surface area (Å²) in [7, 11) is 0. The molecule has 3 N–H and O–H groups in total. The molecule has 0 heterocycles. The molecule has 1 saturated carbocycles. The largest absolute Gasteiger partial charge is 0.481 e. The number of carboxylic acid groups (broad SMARTS) is 2. The molecule has 1 rings (SSSR count). The molecule has 21 heavy (non-hydrogen) atoms. The molecule has 122 valence electrons. The third kappa shape index (κ3) is 9.70. The average molecular weight is 303 g/mol. The number of rotatable bonds is 3. The van der Waals surface area contributed by atoms with Crippen molar-refractivity contribution in [3.8, 4) is 0 Å². The maximum Gasteiger partial charge on any atom is 0.408 e. The van der Waals surface area contributed by atoms with Gasteiger partial charge < -0.3 is 20.3 Å². The Morgan fingerprint density at radius 2 is 1.57 bits per heavy atom. The molecule has 1 amide bonds. The first-order chi connectivity index (χ1) is 9.53. The zero-order valence-electron chi connectivity index (χ0n) is 13.0. The molecule has 1 aliphatic rings. The molecular formula is C14H25NO6. The van der Waals surface area contributed by atoms with Gasteiger partial charge in [-0.05, 0) is 39.5 Å². The quantitative estimate of drug-likeness (QED) is 0.737.